The predicted octanol–water partition coefficient (Wildman–Crippen LogP) is 3.94. The van der Waals surface area contributed by atoms with Crippen molar-refractivity contribution < 1.29 is 4.39 Å². The van der Waals surface area contributed by atoms with Gasteiger partial charge in [0, 0.05) is 18.1 Å². The third-order valence-electron chi connectivity index (χ3n) is 4.12. The summed E-state index contributed by atoms with van der Waals surface area (Å²) in [5.74, 6) is 0.561. The van der Waals surface area contributed by atoms with Gasteiger partial charge in [-0.1, -0.05) is 13.0 Å². The van der Waals surface area contributed by atoms with Gasteiger partial charge in [0.1, 0.15) is 11.2 Å². The number of halogens is 1. The third-order valence-corrected chi connectivity index (χ3v) is 4.12. The van der Waals surface area contributed by atoms with Gasteiger partial charge in [-0.25, -0.2) is 18.9 Å². The van der Waals surface area contributed by atoms with Crippen molar-refractivity contribution in [3.8, 4) is 11.5 Å². The Bertz CT molecular complexity index is 1090. The topological polar surface area (TPSA) is 68.0 Å². The van der Waals surface area contributed by atoms with Crippen LogP contribution in [-0.4, -0.2) is 24.6 Å². The van der Waals surface area contributed by atoms with Gasteiger partial charge in [-0.2, -0.15) is 0 Å². The lowest BCUT2D eigenvalue weighted by molar-refractivity contribution is 0.625. The quantitative estimate of drug-likeness (QED) is 0.605. The molecule has 0 radical (unpaired) electrons. The molecule has 1 N–H and O–H groups in total. The van der Waals surface area contributed by atoms with Crippen LogP contribution in [0.1, 0.15) is 18.2 Å². The standard InChI is InChI=1S/C19H17FN6/c1-3-13-8-10-26-17(13)19(23-15-7-9-21-11-14(15)20)24-18(25-26)16-6-4-5-12(2)22-16/h4-11H,3H2,1-2H3,(H,21,23,24,25). The maximum absolute atomic E-state index is 14.1. The Hall–Kier alpha value is -3.35. The number of rotatable bonds is 4. The second kappa shape index (κ2) is 6.51. The molecule has 0 aliphatic heterocycles. The molecule has 4 aromatic heterocycles. The summed E-state index contributed by atoms with van der Waals surface area (Å²) < 4.78 is 15.8. The minimum atomic E-state index is -0.441. The van der Waals surface area contributed by atoms with E-state index in [9.17, 15) is 4.39 Å². The van der Waals surface area contributed by atoms with E-state index in [2.05, 4.69) is 32.3 Å². The SMILES string of the molecule is CCc1ccn2nc(-c3cccc(C)n3)nc(Nc3ccncc3F)c12. The molecule has 6 nitrogen and oxygen atoms in total. The summed E-state index contributed by atoms with van der Waals surface area (Å²) >= 11 is 0. The second-order valence-electron chi connectivity index (χ2n) is 5.92. The number of fused-ring (bicyclic) bond motifs is 1. The maximum atomic E-state index is 14.1. The summed E-state index contributed by atoms with van der Waals surface area (Å²) in [5, 5.41) is 7.66. The molecule has 0 amide bonds. The molecule has 130 valence electrons. The van der Waals surface area contributed by atoms with E-state index in [-0.39, 0.29) is 0 Å². The number of pyridine rings is 2. The van der Waals surface area contributed by atoms with Gasteiger partial charge < -0.3 is 5.32 Å². The molecular formula is C19H17FN6. The Labute approximate surface area is 149 Å². The fourth-order valence-electron chi connectivity index (χ4n) is 2.84. The van der Waals surface area contributed by atoms with E-state index in [4.69, 9.17) is 0 Å². The lowest BCUT2D eigenvalue weighted by Crippen LogP contribution is -2.06. The number of aryl methyl sites for hydroxylation is 2. The Balaban J connectivity index is 1.91. The molecule has 7 heteroatoms. The highest BCUT2D eigenvalue weighted by Gasteiger charge is 2.15. The molecule has 4 rings (SSSR count). The smallest absolute Gasteiger partial charge is 0.200 e. The first-order chi connectivity index (χ1) is 12.7. The zero-order chi connectivity index (χ0) is 18.1. The van der Waals surface area contributed by atoms with Gasteiger partial charge in [-0.15, -0.1) is 5.10 Å². The van der Waals surface area contributed by atoms with Crippen molar-refractivity contribution >= 4 is 17.0 Å². The van der Waals surface area contributed by atoms with Crippen molar-refractivity contribution in [3.05, 3.63) is 66.0 Å². The van der Waals surface area contributed by atoms with Crippen LogP contribution < -0.4 is 5.32 Å². The van der Waals surface area contributed by atoms with Gasteiger partial charge in [0.2, 0.25) is 5.82 Å². The van der Waals surface area contributed by atoms with Gasteiger partial charge >= 0.3 is 0 Å². The fourth-order valence-corrected chi connectivity index (χ4v) is 2.84. The van der Waals surface area contributed by atoms with Crippen molar-refractivity contribution in [2.45, 2.75) is 20.3 Å². The summed E-state index contributed by atoms with van der Waals surface area (Å²) in [6, 6.07) is 9.25. The number of aromatic nitrogens is 5. The zero-order valence-electron chi connectivity index (χ0n) is 14.4. The van der Waals surface area contributed by atoms with Gasteiger partial charge in [0.15, 0.2) is 11.6 Å². The van der Waals surface area contributed by atoms with Gasteiger partial charge in [0.05, 0.1) is 11.9 Å². The van der Waals surface area contributed by atoms with E-state index < -0.39 is 5.82 Å². The molecule has 0 aliphatic carbocycles. The van der Waals surface area contributed by atoms with Crippen molar-refractivity contribution in [1.82, 2.24) is 24.6 Å². The first kappa shape index (κ1) is 16.1. The van der Waals surface area contributed by atoms with E-state index in [1.54, 1.807) is 10.6 Å². The molecule has 0 atom stereocenters. The Morgan fingerprint density at radius 1 is 1.15 bits per heavy atom. The maximum Gasteiger partial charge on any atom is 0.200 e. The van der Waals surface area contributed by atoms with Crippen molar-refractivity contribution in [2.75, 3.05) is 5.32 Å². The summed E-state index contributed by atoms with van der Waals surface area (Å²) in [6.07, 6.45) is 5.40. The average molecular weight is 348 g/mol. The molecule has 4 aromatic rings. The lowest BCUT2D eigenvalue weighted by Gasteiger charge is -2.11. The zero-order valence-corrected chi connectivity index (χ0v) is 14.4. The van der Waals surface area contributed by atoms with Crippen molar-refractivity contribution in [2.24, 2.45) is 0 Å². The van der Waals surface area contributed by atoms with Gasteiger partial charge in [0.25, 0.3) is 0 Å². The van der Waals surface area contributed by atoms with Crippen LogP contribution in [0.2, 0.25) is 0 Å². The summed E-state index contributed by atoms with van der Waals surface area (Å²) in [6.45, 7) is 3.97. The van der Waals surface area contributed by atoms with Crippen LogP contribution in [-0.2, 0) is 6.42 Å². The summed E-state index contributed by atoms with van der Waals surface area (Å²) in [7, 11) is 0. The van der Waals surface area contributed by atoms with E-state index >= 15 is 0 Å². The third kappa shape index (κ3) is 2.88. The van der Waals surface area contributed by atoms with Gasteiger partial charge in [-0.3, -0.25) is 4.98 Å². The van der Waals surface area contributed by atoms with E-state index in [1.165, 1.54) is 12.4 Å². The molecule has 4 heterocycles. The van der Waals surface area contributed by atoms with Crippen LogP contribution in [0.3, 0.4) is 0 Å². The number of nitrogens with one attached hydrogen (secondary N) is 1. The molecular weight excluding hydrogens is 331 g/mol. The Kier molecular flexibility index (Phi) is 4.04. The van der Waals surface area contributed by atoms with E-state index in [0.29, 0.717) is 23.0 Å². The van der Waals surface area contributed by atoms with Gasteiger partial charge in [-0.05, 0) is 43.2 Å². The highest BCUT2D eigenvalue weighted by Crippen LogP contribution is 2.27. The average Bonchev–Trinajstić information content (AvgIpc) is 3.07. The second-order valence-corrected chi connectivity index (χ2v) is 5.92. The molecule has 0 saturated heterocycles. The summed E-state index contributed by atoms with van der Waals surface area (Å²) in [5.41, 5.74) is 3.75. The fraction of sp³-hybridized carbons (Fsp3) is 0.158. The molecule has 0 bridgehead atoms. The Morgan fingerprint density at radius 2 is 2.04 bits per heavy atom. The van der Waals surface area contributed by atoms with Crippen LogP contribution in [0.25, 0.3) is 17.0 Å². The lowest BCUT2D eigenvalue weighted by atomic mass is 10.2. The molecule has 26 heavy (non-hydrogen) atoms. The minimum absolute atomic E-state index is 0.312. The normalized spacial score (nSPS) is 11.0. The highest BCUT2D eigenvalue weighted by atomic mass is 19.1. The monoisotopic (exact) mass is 348 g/mol. The minimum Gasteiger partial charge on any atom is -0.336 e. The molecule has 0 fully saturated rings. The van der Waals surface area contributed by atoms with Crippen LogP contribution in [0.15, 0.2) is 48.9 Å². The molecule has 0 spiro atoms. The van der Waals surface area contributed by atoms with Crippen LogP contribution in [0, 0.1) is 12.7 Å². The number of anilines is 2. The van der Waals surface area contributed by atoms with Crippen LogP contribution in [0.4, 0.5) is 15.9 Å². The predicted molar refractivity (Wildman–Crippen MR) is 97.8 cm³/mol. The summed E-state index contributed by atoms with van der Waals surface area (Å²) in [4.78, 5) is 12.9. The number of hydrogen-bond donors (Lipinski definition) is 1. The number of hydrogen-bond acceptors (Lipinski definition) is 5. The first-order valence-corrected chi connectivity index (χ1v) is 8.34. The van der Waals surface area contributed by atoms with Crippen LogP contribution in [0.5, 0.6) is 0 Å². The highest BCUT2D eigenvalue weighted by molar-refractivity contribution is 5.78. The van der Waals surface area contributed by atoms with Crippen LogP contribution >= 0.6 is 0 Å². The van der Waals surface area contributed by atoms with E-state index in [0.717, 1.165) is 23.2 Å². The molecule has 0 aliphatic rings. The Morgan fingerprint density at radius 3 is 2.81 bits per heavy atom. The molecule has 0 unspecified atom stereocenters. The first-order valence-electron chi connectivity index (χ1n) is 8.34. The van der Waals surface area contributed by atoms with Crippen molar-refractivity contribution in [3.63, 3.8) is 0 Å². The molecule has 0 saturated carbocycles. The van der Waals surface area contributed by atoms with E-state index in [1.807, 2.05) is 37.4 Å². The number of nitrogens with zero attached hydrogens (tertiary/aromatic N) is 5. The van der Waals surface area contributed by atoms with Crippen molar-refractivity contribution in [1.29, 1.82) is 0 Å². The molecule has 0 aromatic carbocycles. The largest absolute Gasteiger partial charge is 0.336 e.